The molecule has 0 saturated heterocycles. The minimum Gasteiger partial charge on any atom is -0.354 e. The number of anilines is 2. The summed E-state index contributed by atoms with van der Waals surface area (Å²) in [7, 11) is 0. The molecule has 0 radical (unpaired) electrons. The molecule has 2 rings (SSSR count). The molecule has 0 aliphatic heterocycles. The Kier molecular flexibility index (Phi) is 5.97. The molecule has 0 aliphatic carbocycles. The fourth-order valence-corrected chi connectivity index (χ4v) is 1.91. The van der Waals surface area contributed by atoms with E-state index in [-0.39, 0.29) is 6.03 Å². The normalized spacial score (nSPS) is 10.1. The molecule has 0 atom stereocenters. The first-order valence-corrected chi connectivity index (χ1v) is 7.35. The predicted molar refractivity (Wildman–Crippen MR) is 88.3 cm³/mol. The Bertz CT molecular complexity index is 621. The van der Waals surface area contributed by atoms with Crippen molar-refractivity contribution in [2.75, 3.05) is 23.7 Å². The number of carbonyl (C=O) groups excluding carboxylic acids is 1. The van der Waals surface area contributed by atoms with E-state index in [1.807, 2.05) is 19.1 Å². The van der Waals surface area contributed by atoms with Gasteiger partial charge in [-0.3, -0.25) is 0 Å². The number of carbonyl (C=O) groups is 1. The van der Waals surface area contributed by atoms with Crippen molar-refractivity contribution in [1.82, 2.24) is 15.3 Å². The lowest BCUT2D eigenvalue weighted by Gasteiger charge is -2.09. The zero-order valence-corrected chi connectivity index (χ0v) is 13.0. The lowest BCUT2D eigenvalue weighted by molar-refractivity contribution is 0.252. The van der Waals surface area contributed by atoms with Crippen molar-refractivity contribution in [3.05, 3.63) is 47.2 Å². The van der Waals surface area contributed by atoms with E-state index < -0.39 is 0 Å². The average molecular weight is 320 g/mol. The Labute approximate surface area is 134 Å². The van der Waals surface area contributed by atoms with Crippen LogP contribution in [0.4, 0.5) is 16.4 Å². The molecule has 6 nitrogen and oxygen atoms in total. The van der Waals surface area contributed by atoms with E-state index >= 15 is 0 Å². The van der Waals surface area contributed by atoms with Crippen LogP contribution in [0.1, 0.15) is 12.0 Å². The molecule has 0 fully saturated rings. The number of aromatic nitrogens is 2. The minimum absolute atomic E-state index is 0.254. The second-order valence-electron chi connectivity index (χ2n) is 4.70. The summed E-state index contributed by atoms with van der Waals surface area (Å²) in [6.45, 7) is 3.14. The highest BCUT2D eigenvalue weighted by molar-refractivity contribution is 6.31. The molecule has 1 aromatic carbocycles. The number of amides is 2. The van der Waals surface area contributed by atoms with Gasteiger partial charge in [0.2, 0.25) is 5.95 Å². The third-order valence-corrected chi connectivity index (χ3v) is 3.32. The van der Waals surface area contributed by atoms with Crippen LogP contribution in [0.25, 0.3) is 0 Å². The Morgan fingerprint density at radius 3 is 2.73 bits per heavy atom. The highest BCUT2D eigenvalue weighted by Gasteiger charge is 2.03. The van der Waals surface area contributed by atoms with Gasteiger partial charge < -0.3 is 16.0 Å². The largest absolute Gasteiger partial charge is 0.354 e. The van der Waals surface area contributed by atoms with Crippen molar-refractivity contribution >= 4 is 29.3 Å². The molecule has 0 aliphatic rings. The van der Waals surface area contributed by atoms with Gasteiger partial charge in [-0.2, -0.15) is 0 Å². The van der Waals surface area contributed by atoms with Crippen molar-refractivity contribution in [3.63, 3.8) is 0 Å². The zero-order valence-electron chi connectivity index (χ0n) is 12.3. The summed E-state index contributed by atoms with van der Waals surface area (Å²) in [6.07, 6.45) is 4.11. The molecule has 2 aromatic rings. The van der Waals surface area contributed by atoms with Crippen LogP contribution >= 0.6 is 11.6 Å². The van der Waals surface area contributed by atoms with Crippen LogP contribution in [0.15, 0.2) is 36.7 Å². The zero-order chi connectivity index (χ0) is 15.8. The first-order valence-electron chi connectivity index (χ1n) is 6.97. The van der Waals surface area contributed by atoms with Gasteiger partial charge in [0, 0.05) is 36.2 Å². The van der Waals surface area contributed by atoms with Gasteiger partial charge in [-0.1, -0.05) is 17.7 Å². The molecule has 22 heavy (non-hydrogen) atoms. The predicted octanol–water partition coefficient (Wildman–Crippen LogP) is 3.06. The average Bonchev–Trinajstić information content (AvgIpc) is 2.52. The first-order chi connectivity index (χ1) is 10.6. The molecule has 0 spiro atoms. The van der Waals surface area contributed by atoms with Gasteiger partial charge in [0.1, 0.15) is 0 Å². The van der Waals surface area contributed by atoms with E-state index in [0.29, 0.717) is 29.7 Å². The van der Waals surface area contributed by atoms with Crippen LogP contribution in [0, 0.1) is 6.92 Å². The number of halogens is 1. The van der Waals surface area contributed by atoms with Crippen molar-refractivity contribution < 1.29 is 4.79 Å². The van der Waals surface area contributed by atoms with E-state index in [1.165, 1.54) is 0 Å². The fourth-order valence-electron chi connectivity index (χ4n) is 1.73. The van der Waals surface area contributed by atoms with Gasteiger partial charge in [0.05, 0.1) is 0 Å². The van der Waals surface area contributed by atoms with E-state index in [1.54, 1.807) is 24.5 Å². The number of nitrogens with zero attached hydrogens (tertiary/aromatic N) is 2. The lowest BCUT2D eigenvalue weighted by atomic mass is 10.2. The second kappa shape index (κ2) is 8.19. The molecule has 2 amide bonds. The molecule has 1 heterocycles. The quantitative estimate of drug-likeness (QED) is 0.715. The Hall–Kier alpha value is -2.34. The van der Waals surface area contributed by atoms with Gasteiger partial charge in [0.15, 0.2) is 0 Å². The Balaban J connectivity index is 1.64. The smallest absolute Gasteiger partial charge is 0.319 e. The maximum absolute atomic E-state index is 11.7. The molecule has 7 heteroatoms. The minimum atomic E-state index is -0.254. The van der Waals surface area contributed by atoms with Gasteiger partial charge in [0.25, 0.3) is 0 Å². The van der Waals surface area contributed by atoms with Crippen molar-refractivity contribution in [1.29, 1.82) is 0 Å². The van der Waals surface area contributed by atoms with Crippen molar-refractivity contribution in [2.24, 2.45) is 0 Å². The van der Waals surface area contributed by atoms with Crippen LogP contribution in [0.3, 0.4) is 0 Å². The molecule has 1 aromatic heterocycles. The van der Waals surface area contributed by atoms with Gasteiger partial charge in [-0.05, 0) is 37.1 Å². The third kappa shape index (κ3) is 5.21. The van der Waals surface area contributed by atoms with Gasteiger partial charge in [-0.25, -0.2) is 14.8 Å². The summed E-state index contributed by atoms with van der Waals surface area (Å²) in [5, 5.41) is 9.22. The summed E-state index contributed by atoms with van der Waals surface area (Å²) in [5.41, 5.74) is 1.64. The molecule has 116 valence electrons. The molecule has 0 unspecified atom stereocenters. The number of aryl methyl sites for hydroxylation is 1. The van der Waals surface area contributed by atoms with Crippen LogP contribution in [-0.2, 0) is 0 Å². The number of benzene rings is 1. The van der Waals surface area contributed by atoms with Crippen LogP contribution in [0.2, 0.25) is 5.02 Å². The first kappa shape index (κ1) is 16.0. The topological polar surface area (TPSA) is 78.9 Å². The molecular weight excluding hydrogens is 302 g/mol. The maximum Gasteiger partial charge on any atom is 0.319 e. The van der Waals surface area contributed by atoms with Crippen LogP contribution in [-0.4, -0.2) is 29.1 Å². The summed E-state index contributed by atoms with van der Waals surface area (Å²) < 4.78 is 0. The number of hydrogen-bond acceptors (Lipinski definition) is 4. The molecule has 3 N–H and O–H groups in total. The SMILES string of the molecule is Cc1ccc(NC(=O)NCCCNc2ncccn2)cc1Cl. The summed E-state index contributed by atoms with van der Waals surface area (Å²) in [6, 6.07) is 6.91. The summed E-state index contributed by atoms with van der Waals surface area (Å²) >= 11 is 6.01. The molecule has 0 bridgehead atoms. The highest BCUT2D eigenvalue weighted by atomic mass is 35.5. The van der Waals surface area contributed by atoms with Crippen molar-refractivity contribution in [3.8, 4) is 0 Å². The van der Waals surface area contributed by atoms with E-state index in [0.717, 1.165) is 12.0 Å². The summed E-state index contributed by atoms with van der Waals surface area (Å²) in [5.74, 6) is 0.584. The standard InChI is InChI=1S/C15H18ClN5O/c1-11-4-5-12(10-13(11)16)21-15(22)20-9-3-8-19-14-17-6-2-7-18-14/h2,4-7,10H,3,8-9H2,1H3,(H,17,18,19)(H2,20,21,22). The molecular formula is C15H18ClN5O. The highest BCUT2D eigenvalue weighted by Crippen LogP contribution is 2.19. The monoisotopic (exact) mass is 319 g/mol. The fraction of sp³-hybridized carbons (Fsp3) is 0.267. The number of urea groups is 1. The lowest BCUT2D eigenvalue weighted by Crippen LogP contribution is -2.30. The summed E-state index contributed by atoms with van der Waals surface area (Å²) in [4.78, 5) is 19.8. The van der Waals surface area contributed by atoms with E-state index in [4.69, 9.17) is 11.6 Å². The van der Waals surface area contributed by atoms with E-state index in [9.17, 15) is 4.79 Å². The van der Waals surface area contributed by atoms with Crippen molar-refractivity contribution in [2.45, 2.75) is 13.3 Å². The van der Waals surface area contributed by atoms with Gasteiger partial charge >= 0.3 is 6.03 Å². The maximum atomic E-state index is 11.7. The van der Waals surface area contributed by atoms with E-state index in [2.05, 4.69) is 25.9 Å². The Morgan fingerprint density at radius 2 is 2.00 bits per heavy atom. The van der Waals surface area contributed by atoms with Crippen LogP contribution < -0.4 is 16.0 Å². The number of rotatable bonds is 6. The number of hydrogen-bond donors (Lipinski definition) is 3. The Morgan fingerprint density at radius 1 is 1.23 bits per heavy atom. The van der Waals surface area contributed by atoms with Gasteiger partial charge in [-0.15, -0.1) is 0 Å². The third-order valence-electron chi connectivity index (χ3n) is 2.92. The van der Waals surface area contributed by atoms with Crippen LogP contribution in [0.5, 0.6) is 0 Å². The number of nitrogens with one attached hydrogen (secondary N) is 3. The molecule has 0 saturated carbocycles. The second-order valence-corrected chi connectivity index (χ2v) is 5.10.